The molecule has 0 aromatic carbocycles. The molecule has 2 atom stereocenters. The summed E-state index contributed by atoms with van der Waals surface area (Å²) in [6.45, 7) is 6.35. The zero-order valence-electron chi connectivity index (χ0n) is 9.82. The number of likely N-dealkylation sites (tertiary alicyclic amines) is 2. The Morgan fingerprint density at radius 2 is 1.40 bits per heavy atom. The zero-order chi connectivity index (χ0) is 10.7. The summed E-state index contributed by atoms with van der Waals surface area (Å²) in [5.41, 5.74) is 0. The molecule has 15 heavy (non-hydrogen) atoms. The Balaban J connectivity index is 1.73. The Kier molecular flexibility index (Phi) is 3.97. The fraction of sp³-hybridized carbons (Fsp3) is 1.00. The van der Waals surface area contributed by atoms with Crippen LogP contribution in [0.1, 0.15) is 6.42 Å². The lowest BCUT2D eigenvalue weighted by atomic mass is 10.2. The molecule has 0 amide bonds. The van der Waals surface area contributed by atoms with Crippen LogP contribution < -0.4 is 0 Å². The van der Waals surface area contributed by atoms with Crippen LogP contribution >= 0.6 is 0 Å². The summed E-state index contributed by atoms with van der Waals surface area (Å²) in [5.74, 6) is 0. The van der Waals surface area contributed by atoms with E-state index in [1.54, 1.807) is 14.2 Å². The van der Waals surface area contributed by atoms with Crippen molar-refractivity contribution >= 4 is 0 Å². The maximum absolute atomic E-state index is 5.13. The summed E-state index contributed by atoms with van der Waals surface area (Å²) >= 11 is 0. The molecule has 0 unspecified atom stereocenters. The van der Waals surface area contributed by atoms with Crippen molar-refractivity contribution < 1.29 is 9.47 Å². The lowest BCUT2D eigenvalue weighted by Crippen LogP contribution is -2.48. The van der Waals surface area contributed by atoms with Gasteiger partial charge in [0.1, 0.15) is 0 Å². The van der Waals surface area contributed by atoms with E-state index in [0.717, 1.165) is 38.4 Å². The molecule has 0 saturated carbocycles. The van der Waals surface area contributed by atoms with Crippen molar-refractivity contribution in [3.63, 3.8) is 0 Å². The molecule has 2 heterocycles. The fourth-order valence-electron chi connectivity index (χ4n) is 2.80. The minimum atomic E-state index is 0.766. The normalized spacial score (nSPS) is 31.6. The second-order valence-electron chi connectivity index (χ2n) is 4.52. The highest BCUT2D eigenvalue weighted by atomic mass is 16.5. The number of methoxy groups -OCH3 is 2. The highest BCUT2D eigenvalue weighted by Gasteiger charge is 2.42. The third kappa shape index (κ3) is 2.50. The lowest BCUT2D eigenvalue weighted by molar-refractivity contribution is 0.0763. The average Bonchev–Trinajstić information content (AvgIpc) is 2.82. The summed E-state index contributed by atoms with van der Waals surface area (Å²) in [4.78, 5) is 5.13. The van der Waals surface area contributed by atoms with Crippen molar-refractivity contribution in [2.45, 2.75) is 18.5 Å². The van der Waals surface area contributed by atoms with Crippen LogP contribution in [-0.2, 0) is 9.47 Å². The zero-order valence-corrected chi connectivity index (χ0v) is 9.82. The summed E-state index contributed by atoms with van der Waals surface area (Å²) in [5, 5.41) is 0. The molecular formula is C11H22N2O2. The molecule has 2 fully saturated rings. The maximum Gasteiger partial charge on any atom is 0.0589 e. The molecule has 4 heteroatoms. The van der Waals surface area contributed by atoms with Gasteiger partial charge in [0.15, 0.2) is 0 Å². The molecule has 0 spiro atoms. The minimum absolute atomic E-state index is 0.766. The van der Waals surface area contributed by atoms with E-state index < -0.39 is 0 Å². The van der Waals surface area contributed by atoms with Gasteiger partial charge in [0.05, 0.1) is 13.2 Å². The Bertz CT molecular complexity index is 181. The van der Waals surface area contributed by atoms with Gasteiger partial charge in [-0.25, -0.2) is 0 Å². The van der Waals surface area contributed by atoms with Crippen molar-refractivity contribution in [3.05, 3.63) is 0 Å². The van der Waals surface area contributed by atoms with Crippen LogP contribution in [-0.4, -0.2) is 75.5 Å². The van der Waals surface area contributed by atoms with Gasteiger partial charge in [0.25, 0.3) is 0 Å². The predicted octanol–water partition coefficient (Wildman–Crippen LogP) is 0.0377. The molecule has 2 rings (SSSR count). The second-order valence-corrected chi connectivity index (χ2v) is 4.52. The van der Waals surface area contributed by atoms with Gasteiger partial charge >= 0.3 is 0 Å². The largest absolute Gasteiger partial charge is 0.383 e. The number of ether oxygens (including phenoxy) is 2. The van der Waals surface area contributed by atoms with E-state index in [0.29, 0.717) is 0 Å². The van der Waals surface area contributed by atoms with E-state index >= 15 is 0 Å². The highest BCUT2D eigenvalue weighted by molar-refractivity contribution is 4.99. The van der Waals surface area contributed by atoms with E-state index in [1.165, 1.54) is 19.5 Å². The van der Waals surface area contributed by atoms with Crippen molar-refractivity contribution in [3.8, 4) is 0 Å². The quantitative estimate of drug-likeness (QED) is 0.623. The first-order chi connectivity index (χ1) is 7.35. The SMILES string of the molecule is COCCN1C[C@@H]2C[C@H]1CN2CCOC. The summed E-state index contributed by atoms with van der Waals surface area (Å²) in [7, 11) is 3.55. The fourth-order valence-corrected chi connectivity index (χ4v) is 2.80. The topological polar surface area (TPSA) is 24.9 Å². The summed E-state index contributed by atoms with van der Waals surface area (Å²) in [6.07, 6.45) is 1.34. The molecule has 2 aliphatic rings. The van der Waals surface area contributed by atoms with Gasteiger partial charge in [0, 0.05) is 52.5 Å². The summed E-state index contributed by atoms with van der Waals surface area (Å²) in [6, 6.07) is 1.53. The van der Waals surface area contributed by atoms with Gasteiger partial charge < -0.3 is 9.47 Å². The first kappa shape index (κ1) is 11.3. The van der Waals surface area contributed by atoms with Crippen LogP contribution in [0.25, 0.3) is 0 Å². The lowest BCUT2D eigenvalue weighted by Gasteiger charge is -2.33. The van der Waals surface area contributed by atoms with Gasteiger partial charge in [-0.3, -0.25) is 9.80 Å². The third-order valence-electron chi connectivity index (χ3n) is 3.63. The standard InChI is InChI=1S/C11H22N2O2/c1-14-5-3-12-8-11-7-10(12)9-13(11)4-6-15-2/h10-11H,3-9H2,1-2H3/t10-,11-/m0/s1. The molecule has 4 nitrogen and oxygen atoms in total. The Morgan fingerprint density at radius 3 is 1.73 bits per heavy atom. The molecule has 2 saturated heterocycles. The Hall–Kier alpha value is -0.160. The molecule has 0 aromatic rings. The molecule has 2 bridgehead atoms. The molecule has 88 valence electrons. The van der Waals surface area contributed by atoms with Crippen LogP contribution in [0.3, 0.4) is 0 Å². The first-order valence-corrected chi connectivity index (χ1v) is 5.81. The van der Waals surface area contributed by atoms with Crippen LogP contribution in [0.4, 0.5) is 0 Å². The maximum atomic E-state index is 5.13. The molecule has 0 radical (unpaired) electrons. The second kappa shape index (κ2) is 5.25. The third-order valence-corrected chi connectivity index (χ3v) is 3.63. The van der Waals surface area contributed by atoms with Gasteiger partial charge in [0.2, 0.25) is 0 Å². The first-order valence-electron chi connectivity index (χ1n) is 5.81. The van der Waals surface area contributed by atoms with Crippen molar-refractivity contribution in [2.24, 2.45) is 0 Å². The van der Waals surface area contributed by atoms with Crippen LogP contribution in [0.15, 0.2) is 0 Å². The van der Waals surface area contributed by atoms with E-state index in [1.807, 2.05) is 0 Å². The number of piperazine rings is 1. The van der Waals surface area contributed by atoms with Crippen molar-refractivity contribution in [2.75, 3.05) is 53.6 Å². The molecule has 0 N–H and O–H groups in total. The Labute approximate surface area is 92.1 Å². The number of hydrogen-bond acceptors (Lipinski definition) is 4. The summed E-state index contributed by atoms with van der Waals surface area (Å²) < 4.78 is 10.3. The monoisotopic (exact) mass is 214 g/mol. The molecule has 2 aliphatic heterocycles. The van der Waals surface area contributed by atoms with E-state index in [2.05, 4.69) is 9.80 Å². The van der Waals surface area contributed by atoms with Crippen molar-refractivity contribution in [1.29, 1.82) is 0 Å². The number of hydrogen-bond donors (Lipinski definition) is 0. The minimum Gasteiger partial charge on any atom is -0.383 e. The molecule has 0 aliphatic carbocycles. The average molecular weight is 214 g/mol. The van der Waals surface area contributed by atoms with Crippen LogP contribution in [0.2, 0.25) is 0 Å². The Morgan fingerprint density at radius 1 is 0.933 bits per heavy atom. The van der Waals surface area contributed by atoms with E-state index in [9.17, 15) is 0 Å². The number of rotatable bonds is 6. The van der Waals surface area contributed by atoms with Crippen molar-refractivity contribution in [1.82, 2.24) is 9.80 Å². The molecular weight excluding hydrogens is 192 g/mol. The molecule has 0 aromatic heterocycles. The van der Waals surface area contributed by atoms with Gasteiger partial charge in [-0.05, 0) is 6.42 Å². The van der Waals surface area contributed by atoms with Gasteiger partial charge in [-0.2, -0.15) is 0 Å². The van der Waals surface area contributed by atoms with E-state index in [4.69, 9.17) is 9.47 Å². The predicted molar refractivity (Wildman–Crippen MR) is 59.1 cm³/mol. The van der Waals surface area contributed by atoms with Crippen LogP contribution in [0.5, 0.6) is 0 Å². The van der Waals surface area contributed by atoms with Crippen LogP contribution in [0, 0.1) is 0 Å². The smallest absolute Gasteiger partial charge is 0.0589 e. The van der Waals surface area contributed by atoms with Gasteiger partial charge in [-0.15, -0.1) is 0 Å². The number of nitrogens with zero attached hydrogens (tertiary/aromatic N) is 2. The highest BCUT2D eigenvalue weighted by Crippen LogP contribution is 2.29. The number of fused-ring (bicyclic) bond motifs is 2. The van der Waals surface area contributed by atoms with Gasteiger partial charge in [-0.1, -0.05) is 0 Å². The van der Waals surface area contributed by atoms with E-state index in [-0.39, 0.29) is 0 Å².